The van der Waals surface area contributed by atoms with Crippen molar-refractivity contribution in [1.29, 1.82) is 0 Å². The summed E-state index contributed by atoms with van der Waals surface area (Å²) >= 11 is 0. The second-order valence-corrected chi connectivity index (χ2v) is 9.34. The lowest BCUT2D eigenvalue weighted by atomic mass is 10.1. The predicted octanol–water partition coefficient (Wildman–Crippen LogP) is 0.634. The number of hydrogen-bond acceptors (Lipinski definition) is 6. The molecule has 3 N–H and O–H groups in total. The molecule has 2 amide bonds. The Balaban J connectivity index is 1.77. The number of methoxy groups -OCH3 is 1. The van der Waals surface area contributed by atoms with Crippen LogP contribution in [0.25, 0.3) is 5.65 Å². The third-order valence-corrected chi connectivity index (χ3v) is 6.63. The fourth-order valence-corrected chi connectivity index (χ4v) is 5.01. The number of likely N-dealkylation sites (tertiary alicyclic amines) is 1. The van der Waals surface area contributed by atoms with Crippen molar-refractivity contribution in [2.24, 2.45) is 5.73 Å². The van der Waals surface area contributed by atoms with Gasteiger partial charge in [0.2, 0.25) is 5.91 Å². The van der Waals surface area contributed by atoms with Crippen LogP contribution < -0.4 is 11.1 Å². The molecule has 1 fully saturated rings. The highest BCUT2D eigenvalue weighted by molar-refractivity contribution is 6.15. The van der Waals surface area contributed by atoms with Crippen LogP contribution in [0.15, 0.2) is 37.2 Å². The van der Waals surface area contributed by atoms with Crippen molar-refractivity contribution in [2.75, 3.05) is 32.6 Å². The Morgan fingerprint density at radius 1 is 1.46 bits per heavy atom. The highest BCUT2D eigenvalue weighted by atomic mass is 28.1. The number of carbonyl (C=O) groups excluding carboxylic acids is 2. The Morgan fingerprint density at radius 2 is 2.23 bits per heavy atom. The number of hydrogen-bond donors (Lipinski definition) is 2. The second-order valence-electron chi connectivity index (χ2n) is 8.41. The van der Waals surface area contributed by atoms with Gasteiger partial charge in [0.05, 0.1) is 12.6 Å². The number of nitrogens with zero attached hydrogens (tertiary/aromatic N) is 5. The van der Waals surface area contributed by atoms with E-state index in [4.69, 9.17) is 10.5 Å². The minimum absolute atomic E-state index is 0.173. The van der Waals surface area contributed by atoms with Gasteiger partial charge in [0, 0.05) is 44.4 Å². The molecule has 10 nitrogen and oxygen atoms in total. The molecule has 11 heteroatoms. The average molecular weight is 489 g/mol. The molecule has 0 aromatic carbocycles. The van der Waals surface area contributed by atoms with Gasteiger partial charge in [-0.05, 0) is 37.5 Å². The van der Waals surface area contributed by atoms with Crippen LogP contribution in [-0.4, -0.2) is 79.5 Å². The molecule has 4 heterocycles. The van der Waals surface area contributed by atoms with Gasteiger partial charge in [-0.3, -0.25) is 14.3 Å². The van der Waals surface area contributed by atoms with Gasteiger partial charge in [-0.25, -0.2) is 4.98 Å². The van der Waals surface area contributed by atoms with E-state index < -0.39 is 11.1 Å². The average Bonchev–Trinajstić information content (AvgIpc) is 3.51. The van der Waals surface area contributed by atoms with Crippen molar-refractivity contribution in [3.8, 4) is 11.8 Å². The van der Waals surface area contributed by atoms with Crippen molar-refractivity contribution in [2.45, 2.75) is 24.5 Å². The number of rotatable bonds is 6. The summed E-state index contributed by atoms with van der Waals surface area (Å²) in [7, 11) is 7.11. The number of primary amides is 1. The maximum atomic E-state index is 12.5. The fraction of sp³-hybridized carbons (Fsp3) is 0.333. The zero-order valence-corrected chi connectivity index (χ0v) is 20.8. The van der Waals surface area contributed by atoms with Crippen LogP contribution in [0.1, 0.15) is 33.7 Å². The van der Waals surface area contributed by atoms with Gasteiger partial charge in [0.25, 0.3) is 5.91 Å². The molecular weight excluding hydrogens is 462 g/mol. The number of amides is 2. The van der Waals surface area contributed by atoms with Gasteiger partial charge in [0.15, 0.2) is 5.69 Å². The van der Waals surface area contributed by atoms with Crippen molar-refractivity contribution in [3.05, 3.63) is 59.7 Å². The molecule has 3 aromatic heterocycles. The largest absolute Gasteiger partial charge is 0.630 e. The smallest absolute Gasteiger partial charge is 0.255 e. The number of pyridine rings is 1. The molecule has 1 saturated heterocycles. The SMILES string of the molecule is C=CC(=O)N1C[C@@]([Si-])(n2nc(C#Cc3ccn4c(C)cnc4c3)c(C(N)=O)c2NC)C[C@@H]1COC. The summed E-state index contributed by atoms with van der Waals surface area (Å²) in [5.74, 6) is 5.58. The Bertz CT molecular complexity index is 1380. The van der Waals surface area contributed by atoms with Crippen LogP contribution >= 0.6 is 0 Å². The van der Waals surface area contributed by atoms with Crippen molar-refractivity contribution >= 4 is 33.5 Å². The molecule has 4 rings (SSSR count). The van der Waals surface area contributed by atoms with E-state index in [1.807, 2.05) is 29.7 Å². The number of aryl methyl sites for hydroxylation is 1. The number of anilines is 1. The van der Waals surface area contributed by atoms with E-state index >= 15 is 0 Å². The Kier molecular flexibility index (Phi) is 6.51. The first-order valence-electron chi connectivity index (χ1n) is 11.0. The second kappa shape index (κ2) is 9.40. The van der Waals surface area contributed by atoms with E-state index in [-0.39, 0.29) is 29.8 Å². The van der Waals surface area contributed by atoms with Gasteiger partial charge in [-0.2, -0.15) is 5.10 Å². The molecule has 1 aliphatic heterocycles. The maximum Gasteiger partial charge on any atom is 0.255 e. The first-order chi connectivity index (χ1) is 16.7. The van der Waals surface area contributed by atoms with Crippen LogP contribution in [0, 0.1) is 18.8 Å². The van der Waals surface area contributed by atoms with E-state index in [0.717, 1.165) is 16.9 Å². The number of imidazole rings is 1. The Morgan fingerprint density at radius 3 is 2.89 bits per heavy atom. The van der Waals surface area contributed by atoms with Crippen LogP contribution in [0.2, 0.25) is 0 Å². The molecular formula is C24H26N7O3Si-. The summed E-state index contributed by atoms with van der Waals surface area (Å²) in [6, 6.07) is 3.51. The van der Waals surface area contributed by atoms with E-state index in [2.05, 4.69) is 44.1 Å². The van der Waals surface area contributed by atoms with Crippen LogP contribution in [-0.2, 0) is 14.7 Å². The van der Waals surface area contributed by atoms with E-state index in [0.29, 0.717) is 18.8 Å². The summed E-state index contributed by atoms with van der Waals surface area (Å²) in [5, 5.41) is 6.87. The lowest BCUT2D eigenvalue weighted by Gasteiger charge is -2.39. The third kappa shape index (κ3) is 4.33. The molecule has 180 valence electrons. The van der Waals surface area contributed by atoms with Crippen LogP contribution in [0.5, 0.6) is 0 Å². The zero-order valence-electron chi connectivity index (χ0n) is 19.8. The van der Waals surface area contributed by atoms with Crippen molar-refractivity contribution in [1.82, 2.24) is 24.1 Å². The van der Waals surface area contributed by atoms with Crippen molar-refractivity contribution in [3.63, 3.8) is 0 Å². The fourth-order valence-electron chi connectivity index (χ4n) is 4.44. The number of aromatic nitrogens is 4. The first-order valence-corrected chi connectivity index (χ1v) is 11.5. The molecule has 35 heavy (non-hydrogen) atoms. The molecule has 0 bridgehead atoms. The monoisotopic (exact) mass is 488 g/mol. The summed E-state index contributed by atoms with van der Waals surface area (Å²) in [5.41, 5.74) is 8.65. The van der Waals surface area contributed by atoms with E-state index in [1.165, 1.54) is 6.08 Å². The highest BCUT2D eigenvalue weighted by Gasteiger charge is 2.39. The normalized spacial score (nSPS) is 19.4. The van der Waals surface area contributed by atoms with Crippen LogP contribution in [0.3, 0.4) is 0 Å². The maximum absolute atomic E-state index is 12.5. The molecule has 1 aliphatic rings. The number of nitrogens with two attached hydrogens (primary N) is 1. The summed E-state index contributed by atoms with van der Waals surface area (Å²) in [4.78, 5) is 31.0. The van der Waals surface area contributed by atoms with E-state index in [1.54, 1.807) is 29.9 Å². The number of carbonyl (C=O) groups is 2. The Labute approximate surface area is 206 Å². The first kappa shape index (κ1) is 24.2. The molecule has 0 unspecified atom stereocenters. The Hall–Kier alpha value is -3.88. The standard InChI is InChI=1S/C24H26N7O3Si/c1-5-20(32)30-14-24(35,11-17(30)13-34-4)31-23(26-3)21(22(25)33)18(28-31)7-6-16-8-9-29-15(2)12-27-19(29)10-16/h5,8-10,12,17,26H,1,11,13-14H2,2-4H3,(H2,25,33)/q-1/t17-,24-/m1/s1. The lowest BCUT2D eigenvalue weighted by Crippen LogP contribution is -2.41. The molecule has 0 aliphatic carbocycles. The quantitative estimate of drug-likeness (QED) is 0.298. The van der Waals surface area contributed by atoms with Gasteiger partial charge < -0.3 is 35.3 Å². The molecule has 3 aromatic rings. The number of fused-ring (bicyclic) bond motifs is 1. The van der Waals surface area contributed by atoms with E-state index in [9.17, 15) is 9.59 Å². The number of nitrogens with one attached hydrogen (secondary N) is 1. The molecule has 2 radical (unpaired) electrons. The van der Waals surface area contributed by atoms with Gasteiger partial charge >= 0.3 is 0 Å². The summed E-state index contributed by atoms with van der Waals surface area (Å²) in [6.07, 6.45) is 5.43. The summed E-state index contributed by atoms with van der Waals surface area (Å²) < 4.78 is 8.91. The van der Waals surface area contributed by atoms with Gasteiger partial charge in [-0.15, -0.1) is 5.16 Å². The minimum Gasteiger partial charge on any atom is -0.630 e. The molecule has 0 saturated carbocycles. The lowest BCUT2D eigenvalue weighted by molar-refractivity contribution is -0.127. The summed E-state index contributed by atoms with van der Waals surface area (Å²) in [6.45, 7) is 6.19. The topological polar surface area (TPSA) is 120 Å². The molecule has 2 atom stereocenters. The van der Waals surface area contributed by atoms with Crippen molar-refractivity contribution < 1.29 is 14.3 Å². The highest BCUT2D eigenvalue weighted by Crippen LogP contribution is 2.35. The van der Waals surface area contributed by atoms with Crippen LogP contribution in [0.4, 0.5) is 5.82 Å². The molecule has 0 spiro atoms. The third-order valence-electron chi connectivity index (χ3n) is 6.06. The van der Waals surface area contributed by atoms with Gasteiger partial charge in [0.1, 0.15) is 17.0 Å². The number of ether oxygens (including phenoxy) is 1. The predicted molar refractivity (Wildman–Crippen MR) is 132 cm³/mol. The zero-order chi connectivity index (χ0) is 25.3. The van der Waals surface area contributed by atoms with Gasteiger partial charge in [-0.1, -0.05) is 12.5 Å². The minimum atomic E-state index is -0.823.